The quantitative estimate of drug-likeness (QED) is 0.752. The van der Waals surface area contributed by atoms with Gasteiger partial charge in [-0.3, -0.25) is 0 Å². The van der Waals surface area contributed by atoms with Gasteiger partial charge in [0.25, 0.3) is 0 Å². The summed E-state index contributed by atoms with van der Waals surface area (Å²) in [7, 11) is 0. The zero-order valence-corrected chi connectivity index (χ0v) is 8.80. The van der Waals surface area contributed by atoms with Gasteiger partial charge in [0, 0.05) is 6.61 Å². The van der Waals surface area contributed by atoms with Crippen LogP contribution in [0.15, 0.2) is 6.20 Å². The Hall–Kier alpha value is -0.520. The zero-order chi connectivity index (χ0) is 9.52. The van der Waals surface area contributed by atoms with Crippen molar-refractivity contribution in [2.45, 2.75) is 19.9 Å². The van der Waals surface area contributed by atoms with E-state index in [0.29, 0.717) is 6.61 Å². The molecule has 0 aliphatic carbocycles. The molecule has 0 saturated heterocycles. The van der Waals surface area contributed by atoms with Crippen LogP contribution in [0.3, 0.4) is 0 Å². The molecule has 0 bridgehead atoms. The third-order valence-electron chi connectivity index (χ3n) is 1.67. The van der Waals surface area contributed by atoms with Crippen LogP contribution in [-0.4, -0.2) is 28.5 Å². The molecule has 1 rings (SSSR count). The normalized spacial score (nSPS) is 13.1. The fraction of sp³-hybridized carbons (Fsp3) is 0.750. The third kappa shape index (κ3) is 3.38. The summed E-state index contributed by atoms with van der Waals surface area (Å²) in [6.07, 6.45) is 1.79. The van der Waals surface area contributed by atoms with Gasteiger partial charge in [-0.1, -0.05) is 6.92 Å². The minimum atomic E-state index is 0.184. The second kappa shape index (κ2) is 6.01. The molecule has 1 atom stereocenters. The fourth-order valence-corrected chi connectivity index (χ4v) is 1.53. The third-order valence-corrected chi connectivity index (χ3v) is 2.17. The molecule has 1 heterocycles. The van der Waals surface area contributed by atoms with E-state index in [4.69, 9.17) is 4.74 Å². The number of rotatable bonds is 6. The van der Waals surface area contributed by atoms with E-state index < -0.39 is 0 Å². The molecule has 1 aromatic heterocycles. The molecule has 13 heavy (non-hydrogen) atoms. The molecule has 4 nitrogen and oxygen atoms in total. The Labute approximate surface area is 82.6 Å². The average molecular weight is 201 g/mol. The molecule has 0 aliphatic heterocycles. The predicted molar refractivity (Wildman–Crippen MR) is 52.8 cm³/mol. The molecule has 0 fully saturated rings. The molecular formula is C8H15N3OS. The summed E-state index contributed by atoms with van der Waals surface area (Å²) in [4.78, 5) is 0. The smallest absolute Gasteiger partial charge is 0.0935 e. The SMILES string of the molecule is CCNC(COCC)c1cnsn1. The van der Waals surface area contributed by atoms with Crippen LogP contribution < -0.4 is 5.32 Å². The molecule has 1 N–H and O–H groups in total. The van der Waals surface area contributed by atoms with E-state index in [9.17, 15) is 0 Å². The van der Waals surface area contributed by atoms with Crippen molar-refractivity contribution < 1.29 is 4.74 Å². The van der Waals surface area contributed by atoms with Crippen molar-refractivity contribution in [2.75, 3.05) is 19.8 Å². The Morgan fingerprint density at radius 2 is 2.46 bits per heavy atom. The lowest BCUT2D eigenvalue weighted by atomic mass is 10.2. The first-order valence-electron chi connectivity index (χ1n) is 4.47. The number of nitrogens with zero attached hydrogens (tertiary/aromatic N) is 2. The summed E-state index contributed by atoms with van der Waals surface area (Å²) >= 11 is 1.23. The van der Waals surface area contributed by atoms with Crippen LogP contribution in [0.2, 0.25) is 0 Å². The standard InChI is InChI=1S/C8H15N3OS/c1-3-9-8(6-12-4-2)7-5-10-13-11-7/h5,8-9H,3-4,6H2,1-2H3. The summed E-state index contributed by atoms with van der Waals surface area (Å²) in [6.45, 7) is 6.37. The molecule has 1 unspecified atom stereocenters. The number of aromatic nitrogens is 2. The molecule has 1 aromatic rings. The highest BCUT2D eigenvalue weighted by Crippen LogP contribution is 2.10. The van der Waals surface area contributed by atoms with Crippen LogP contribution in [0.1, 0.15) is 25.6 Å². The molecule has 0 saturated carbocycles. The molecule has 0 amide bonds. The predicted octanol–water partition coefficient (Wildman–Crippen LogP) is 1.23. The van der Waals surface area contributed by atoms with Gasteiger partial charge in [0.2, 0.25) is 0 Å². The van der Waals surface area contributed by atoms with Crippen LogP contribution in [-0.2, 0) is 4.74 Å². The van der Waals surface area contributed by atoms with Gasteiger partial charge in [-0.2, -0.15) is 8.75 Å². The highest BCUT2D eigenvalue weighted by atomic mass is 32.1. The summed E-state index contributed by atoms with van der Waals surface area (Å²) in [6, 6.07) is 0.184. The van der Waals surface area contributed by atoms with E-state index in [-0.39, 0.29) is 6.04 Å². The van der Waals surface area contributed by atoms with Crippen molar-refractivity contribution >= 4 is 11.7 Å². The van der Waals surface area contributed by atoms with Crippen LogP contribution in [0.25, 0.3) is 0 Å². The molecular weight excluding hydrogens is 186 g/mol. The number of ether oxygens (including phenoxy) is 1. The van der Waals surface area contributed by atoms with Crippen molar-refractivity contribution in [2.24, 2.45) is 0 Å². The van der Waals surface area contributed by atoms with Gasteiger partial charge in [-0.15, -0.1) is 0 Å². The second-order valence-electron chi connectivity index (χ2n) is 2.60. The Bertz CT molecular complexity index is 215. The molecule has 0 aromatic carbocycles. The summed E-state index contributed by atoms with van der Waals surface area (Å²) in [5.74, 6) is 0. The van der Waals surface area contributed by atoms with Crippen molar-refractivity contribution in [1.82, 2.24) is 14.1 Å². The van der Waals surface area contributed by atoms with Crippen LogP contribution in [0.5, 0.6) is 0 Å². The van der Waals surface area contributed by atoms with Crippen molar-refractivity contribution in [1.29, 1.82) is 0 Å². The van der Waals surface area contributed by atoms with Gasteiger partial charge >= 0.3 is 0 Å². The lowest BCUT2D eigenvalue weighted by Crippen LogP contribution is -2.25. The number of hydrogen-bond acceptors (Lipinski definition) is 5. The number of likely N-dealkylation sites (N-methyl/N-ethyl adjacent to an activating group) is 1. The monoisotopic (exact) mass is 201 g/mol. The zero-order valence-electron chi connectivity index (χ0n) is 7.99. The fourth-order valence-electron chi connectivity index (χ4n) is 1.06. The lowest BCUT2D eigenvalue weighted by Gasteiger charge is -2.14. The van der Waals surface area contributed by atoms with E-state index >= 15 is 0 Å². The van der Waals surface area contributed by atoms with Gasteiger partial charge in [0.05, 0.1) is 36.3 Å². The topological polar surface area (TPSA) is 47.0 Å². The molecule has 0 aliphatic rings. The Morgan fingerprint density at radius 1 is 1.62 bits per heavy atom. The maximum atomic E-state index is 5.35. The maximum Gasteiger partial charge on any atom is 0.0935 e. The highest BCUT2D eigenvalue weighted by molar-refractivity contribution is 6.99. The van der Waals surface area contributed by atoms with Crippen molar-refractivity contribution in [3.63, 3.8) is 0 Å². The second-order valence-corrected chi connectivity index (χ2v) is 3.16. The first-order chi connectivity index (χ1) is 6.38. The van der Waals surface area contributed by atoms with Crippen LogP contribution >= 0.6 is 11.7 Å². The molecule has 5 heteroatoms. The first-order valence-corrected chi connectivity index (χ1v) is 5.20. The summed E-state index contributed by atoms with van der Waals surface area (Å²) in [5.41, 5.74) is 0.973. The van der Waals surface area contributed by atoms with Gasteiger partial charge in [-0.05, 0) is 13.5 Å². The van der Waals surface area contributed by atoms with E-state index in [1.165, 1.54) is 11.7 Å². The Kier molecular flexibility index (Phi) is 4.88. The molecule has 0 spiro atoms. The van der Waals surface area contributed by atoms with Gasteiger partial charge in [-0.25, -0.2) is 0 Å². The van der Waals surface area contributed by atoms with E-state index in [1.807, 2.05) is 6.92 Å². The van der Waals surface area contributed by atoms with Crippen molar-refractivity contribution in [3.8, 4) is 0 Å². The van der Waals surface area contributed by atoms with E-state index in [1.54, 1.807) is 6.20 Å². The van der Waals surface area contributed by atoms with Crippen LogP contribution in [0, 0.1) is 0 Å². The van der Waals surface area contributed by atoms with Crippen LogP contribution in [0.4, 0.5) is 0 Å². The molecule has 0 radical (unpaired) electrons. The minimum absolute atomic E-state index is 0.184. The van der Waals surface area contributed by atoms with Crippen molar-refractivity contribution in [3.05, 3.63) is 11.9 Å². The van der Waals surface area contributed by atoms with Gasteiger partial charge in [0.1, 0.15) is 0 Å². The number of nitrogens with one attached hydrogen (secondary N) is 1. The number of hydrogen-bond donors (Lipinski definition) is 1. The lowest BCUT2D eigenvalue weighted by molar-refractivity contribution is 0.122. The van der Waals surface area contributed by atoms with E-state index in [0.717, 1.165) is 18.8 Å². The Balaban J connectivity index is 2.47. The summed E-state index contributed by atoms with van der Waals surface area (Å²) in [5, 5.41) is 3.30. The Morgan fingerprint density at radius 3 is 3.00 bits per heavy atom. The van der Waals surface area contributed by atoms with Gasteiger partial charge < -0.3 is 10.1 Å². The highest BCUT2D eigenvalue weighted by Gasteiger charge is 2.12. The van der Waals surface area contributed by atoms with E-state index in [2.05, 4.69) is 21.0 Å². The largest absolute Gasteiger partial charge is 0.380 e. The van der Waals surface area contributed by atoms with Gasteiger partial charge in [0.15, 0.2) is 0 Å². The first kappa shape index (κ1) is 10.6. The summed E-state index contributed by atoms with van der Waals surface area (Å²) < 4.78 is 13.5. The average Bonchev–Trinajstić information content (AvgIpc) is 2.65. The molecule has 74 valence electrons. The minimum Gasteiger partial charge on any atom is -0.380 e. The maximum absolute atomic E-state index is 5.35.